The van der Waals surface area contributed by atoms with Crippen molar-refractivity contribution in [2.24, 2.45) is 0 Å². The van der Waals surface area contributed by atoms with E-state index in [1.807, 2.05) is 56.3 Å². The molecule has 1 atom stereocenters. The first-order valence-corrected chi connectivity index (χ1v) is 10.3. The second kappa shape index (κ2) is 11.5. The van der Waals surface area contributed by atoms with E-state index in [-0.39, 0.29) is 18.2 Å². The monoisotopic (exact) mass is 416 g/mol. The van der Waals surface area contributed by atoms with Gasteiger partial charge in [0.15, 0.2) is 0 Å². The third-order valence-electron chi connectivity index (χ3n) is 4.75. The van der Waals surface area contributed by atoms with Crippen molar-refractivity contribution >= 4 is 23.4 Å². The largest absolute Gasteiger partial charge is 0.497 e. The zero-order valence-electron chi connectivity index (χ0n) is 17.3. The van der Waals surface area contributed by atoms with Crippen molar-refractivity contribution < 1.29 is 14.3 Å². The van der Waals surface area contributed by atoms with Gasteiger partial charge in [0.25, 0.3) is 0 Å². The van der Waals surface area contributed by atoms with Crippen molar-refractivity contribution in [3.63, 3.8) is 0 Å². The Labute approximate surface area is 178 Å². The van der Waals surface area contributed by atoms with Crippen LogP contribution in [-0.4, -0.2) is 36.4 Å². The van der Waals surface area contributed by atoms with Crippen LogP contribution in [0.1, 0.15) is 37.8 Å². The molecule has 2 aromatic carbocycles. The van der Waals surface area contributed by atoms with Crippen LogP contribution < -0.4 is 10.1 Å². The number of carbonyl (C=O) groups excluding carboxylic acids is 2. The molecule has 0 bridgehead atoms. The molecule has 0 radical (unpaired) electrons. The molecule has 156 valence electrons. The molecule has 0 aliphatic heterocycles. The zero-order valence-corrected chi connectivity index (χ0v) is 18.0. The number of nitrogens with one attached hydrogen (secondary N) is 1. The number of methoxy groups -OCH3 is 1. The molecule has 0 aliphatic rings. The van der Waals surface area contributed by atoms with Crippen LogP contribution in [0.25, 0.3) is 0 Å². The molecule has 1 N–H and O–H groups in total. The van der Waals surface area contributed by atoms with E-state index < -0.39 is 6.04 Å². The quantitative estimate of drug-likeness (QED) is 0.630. The fourth-order valence-corrected chi connectivity index (χ4v) is 3.32. The van der Waals surface area contributed by atoms with Gasteiger partial charge >= 0.3 is 0 Å². The number of amides is 2. The SMILES string of the molecule is CCCNC(=O)[C@H](CC)N(Cc1ccc(OC)cc1)C(=O)Cc1ccccc1Cl. The molecule has 2 amide bonds. The summed E-state index contributed by atoms with van der Waals surface area (Å²) in [7, 11) is 1.61. The lowest BCUT2D eigenvalue weighted by Gasteiger charge is -2.31. The van der Waals surface area contributed by atoms with Gasteiger partial charge < -0.3 is 15.0 Å². The molecule has 29 heavy (non-hydrogen) atoms. The molecule has 0 unspecified atom stereocenters. The van der Waals surface area contributed by atoms with Crippen molar-refractivity contribution in [2.75, 3.05) is 13.7 Å². The number of halogens is 1. The topological polar surface area (TPSA) is 58.6 Å². The van der Waals surface area contributed by atoms with Crippen LogP contribution in [0.4, 0.5) is 0 Å². The van der Waals surface area contributed by atoms with Gasteiger partial charge in [-0.3, -0.25) is 9.59 Å². The van der Waals surface area contributed by atoms with Crippen molar-refractivity contribution in [3.05, 3.63) is 64.7 Å². The minimum absolute atomic E-state index is 0.129. The zero-order chi connectivity index (χ0) is 21.2. The molecule has 5 nitrogen and oxygen atoms in total. The molecule has 0 fully saturated rings. The molecule has 0 spiro atoms. The third-order valence-corrected chi connectivity index (χ3v) is 5.12. The predicted octanol–water partition coefficient (Wildman–Crippen LogP) is 4.22. The molecule has 2 aromatic rings. The first kappa shape index (κ1) is 22.8. The average molecular weight is 417 g/mol. The Morgan fingerprint density at radius 2 is 1.79 bits per heavy atom. The van der Waals surface area contributed by atoms with Crippen LogP contribution in [0.3, 0.4) is 0 Å². The highest BCUT2D eigenvalue weighted by Crippen LogP contribution is 2.20. The van der Waals surface area contributed by atoms with Crippen LogP contribution >= 0.6 is 11.6 Å². The van der Waals surface area contributed by atoms with Crippen LogP contribution in [0, 0.1) is 0 Å². The predicted molar refractivity (Wildman–Crippen MR) is 116 cm³/mol. The molecular weight excluding hydrogens is 388 g/mol. The van der Waals surface area contributed by atoms with Gasteiger partial charge in [-0.05, 0) is 42.2 Å². The molecule has 0 heterocycles. The normalized spacial score (nSPS) is 11.6. The van der Waals surface area contributed by atoms with Gasteiger partial charge in [0.1, 0.15) is 11.8 Å². The maximum atomic E-state index is 13.2. The highest BCUT2D eigenvalue weighted by atomic mass is 35.5. The van der Waals surface area contributed by atoms with E-state index in [0.717, 1.165) is 23.3 Å². The summed E-state index contributed by atoms with van der Waals surface area (Å²) in [5.41, 5.74) is 1.68. The molecular formula is C23H29ClN2O3. The van der Waals surface area contributed by atoms with Crippen molar-refractivity contribution in [1.82, 2.24) is 10.2 Å². The lowest BCUT2D eigenvalue weighted by atomic mass is 10.1. The standard InChI is InChI=1S/C23H29ClN2O3/c1-4-14-25-23(28)21(5-2)26(16-17-10-12-19(29-3)13-11-17)22(27)15-18-8-6-7-9-20(18)24/h6-13,21H,4-5,14-16H2,1-3H3,(H,25,28)/t21-/m0/s1. The number of carbonyl (C=O) groups is 2. The minimum atomic E-state index is -0.543. The second-order valence-corrected chi connectivity index (χ2v) is 7.26. The first-order valence-electron chi connectivity index (χ1n) is 9.93. The van der Waals surface area contributed by atoms with Gasteiger partial charge in [-0.1, -0.05) is 55.8 Å². The van der Waals surface area contributed by atoms with Crippen LogP contribution in [0.15, 0.2) is 48.5 Å². The summed E-state index contributed by atoms with van der Waals surface area (Å²) in [6.45, 7) is 4.84. The summed E-state index contributed by atoms with van der Waals surface area (Å²) in [5, 5.41) is 3.47. The third kappa shape index (κ3) is 6.50. The molecule has 0 aliphatic carbocycles. The Morgan fingerprint density at radius 3 is 2.38 bits per heavy atom. The van der Waals surface area contributed by atoms with Gasteiger partial charge in [0.05, 0.1) is 13.5 Å². The average Bonchev–Trinajstić information content (AvgIpc) is 2.74. The van der Waals surface area contributed by atoms with Gasteiger partial charge in [0, 0.05) is 18.1 Å². The Kier molecular flexibility index (Phi) is 9.00. The van der Waals surface area contributed by atoms with Crippen LogP contribution in [-0.2, 0) is 22.6 Å². The summed E-state index contributed by atoms with van der Waals surface area (Å²) < 4.78 is 5.21. The van der Waals surface area contributed by atoms with E-state index in [9.17, 15) is 9.59 Å². The fraction of sp³-hybridized carbons (Fsp3) is 0.391. The smallest absolute Gasteiger partial charge is 0.242 e. The van der Waals surface area contributed by atoms with Gasteiger partial charge in [-0.15, -0.1) is 0 Å². The summed E-state index contributed by atoms with van der Waals surface area (Å²) in [6.07, 6.45) is 1.52. The van der Waals surface area contributed by atoms with Crippen molar-refractivity contribution in [2.45, 2.75) is 45.7 Å². The minimum Gasteiger partial charge on any atom is -0.497 e. The van der Waals surface area contributed by atoms with E-state index in [1.165, 1.54) is 0 Å². The number of ether oxygens (including phenoxy) is 1. The van der Waals surface area contributed by atoms with Gasteiger partial charge in [-0.2, -0.15) is 0 Å². The molecule has 0 saturated carbocycles. The van der Waals surface area contributed by atoms with E-state index in [1.54, 1.807) is 18.1 Å². The van der Waals surface area contributed by atoms with E-state index in [4.69, 9.17) is 16.3 Å². The maximum Gasteiger partial charge on any atom is 0.242 e. The Morgan fingerprint density at radius 1 is 1.10 bits per heavy atom. The highest BCUT2D eigenvalue weighted by molar-refractivity contribution is 6.31. The molecule has 6 heteroatoms. The maximum absolute atomic E-state index is 13.2. The van der Waals surface area contributed by atoms with Crippen molar-refractivity contribution in [1.29, 1.82) is 0 Å². The number of rotatable bonds is 10. The first-order chi connectivity index (χ1) is 14.0. The molecule has 0 aromatic heterocycles. The lowest BCUT2D eigenvalue weighted by Crippen LogP contribution is -2.49. The summed E-state index contributed by atoms with van der Waals surface area (Å²) >= 11 is 6.25. The Balaban J connectivity index is 2.27. The Hall–Kier alpha value is -2.53. The second-order valence-electron chi connectivity index (χ2n) is 6.85. The number of benzene rings is 2. The number of hydrogen-bond acceptors (Lipinski definition) is 3. The van der Waals surface area contributed by atoms with E-state index in [0.29, 0.717) is 24.5 Å². The Bertz CT molecular complexity index is 808. The summed E-state index contributed by atoms with van der Waals surface area (Å²) in [5.74, 6) is 0.484. The fourth-order valence-electron chi connectivity index (χ4n) is 3.12. The van der Waals surface area contributed by atoms with Gasteiger partial charge in [0.2, 0.25) is 11.8 Å². The van der Waals surface area contributed by atoms with Crippen molar-refractivity contribution in [3.8, 4) is 5.75 Å². The molecule has 2 rings (SSSR count). The highest BCUT2D eigenvalue weighted by Gasteiger charge is 2.28. The summed E-state index contributed by atoms with van der Waals surface area (Å²) in [4.78, 5) is 27.6. The lowest BCUT2D eigenvalue weighted by molar-refractivity contribution is -0.140. The summed E-state index contributed by atoms with van der Waals surface area (Å²) in [6, 6.07) is 14.3. The van der Waals surface area contributed by atoms with Crippen LogP contribution in [0.5, 0.6) is 5.75 Å². The van der Waals surface area contributed by atoms with E-state index >= 15 is 0 Å². The molecule has 0 saturated heterocycles. The number of nitrogens with zero attached hydrogens (tertiary/aromatic N) is 1. The van der Waals surface area contributed by atoms with Crippen LogP contribution in [0.2, 0.25) is 5.02 Å². The van der Waals surface area contributed by atoms with Gasteiger partial charge in [-0.25, -0.2) is 0 Å². The van der Waals surface area contributed by atoms with E-state index in [2.05, 4.69) is 5.32 Å². The number of hydrogen-bond donors (Lipinski definition) is 1.